The van der Waals surface area contributed by atoms with Gasteiger partial charge in [0.15, 0.2) is 34.6 Å². The number of likely N-dealkylation sites (tertiary alicyclic amines) is 2. The summed E-state index contributed by atoms with van der Waals surface area (Å²) in [5.41, 5.74) is -1.48. The number of benzene rings is 3. The molecule has 318 valence electrons. The van der Waals surface area contributed by atoms with Gasteiger partial charge in [0.2, 0.25) is 0 Å². The summed E-state index contributed by atoms with van der Waals surface area (Å²) in [4.78, 5) is 101. The molecule has 2 fully saturated rings. The van der Waals surface area contributed by atoms with Gasteiger partial charge in [-0.05, 0) is 37.0 Å². The van der Waals surface area contributed by atoms with Crippen LogP contribution in [0.15, 0.2) is 48.5 Å². The number of halogens is 1. The summed E-state index contributed by atoms with van der Waals surface area (Å²) < 4.78 is 32.5. The van der Waals surface area contributed by atoms with Gasteiger partial charge in [0.25, 0.3) is 23.2 Å². The summed E-state index contributed by atoms with van der Waals surface area (Å²) in [6.07, 6.45) is 0.649. The summed E-state index contributed by atoms with van der Waals surface area (Å²) >= 11 is 6.00. The number of esters is 2. The number of ketones is 2. The number of nitro groups is 2. The molecule has 0 saturated carbocycles. The van der Waals surface area contributed by atoms with E-state index in [4.69, 9.17) is 40.0 Å². The summed E-state index contributed by atoms with van der Waals surface area (Å²) in [7, 11) is 3.46. The highest BCUT2D eigenvalue weighted by Crippen LogP contribution is 2.38. The first-order valence-corrected chi connectivity index (χ1v) is 18.7. The second-order valence-electron chi connectivity index (χ2n) is 13.5. The summed E-state index contributed by atoms with van der Waals surface area (Å²) in [6.45, 7) is -0.875. The number of methoxy groups -OCH3 is 3. The minimum atomic E-state index is -1.26. The van der Waals surface area contributed by atoms with Gasteiger partial charge in [-0.15, -0.1) is 0 Å². The average molecular weight is 855 g/mol. The van der Waals surface area contributed by atoms with E-state index in [2.05, 4.69) is 0 Å². The maximum Gasteiger partial charge on any atom is 0.329 e. The smallest absolute Gasteiger partial charge is 0.329 e. The fourth-order valence-electron chi connectivity index (χ4n) is 6.54. The Morgan fingerprint density at radius 3 is 1.53 bits per heavy atom. The van der Waals surface area contributed by atoms with E-state index < -0.39 is 92.8 Å². The number of rotatable bonds is 18. The maximum atomic E-state index is 13.7. The predicted molar refractivity (Wildman–Crippen MR) is 206 cm³/mol. The lowest BCUT2D eigenvalue weighted by atomic mass is 10.1. The summed E-state index contributed by atoms with van der Waals surface area (Å²) in [6, 6.07) is 8.45. The molecule has 2 heterocycles. The molecule has 20 nitrogen and oxygen atoms in total. The fourth-order valence-corrected chi connectivity index (χ4v) is 6.66. The molecule has 3 aromatic carbocycles. The van der Waals surface area contributed by atoms with Crippen molar-refractivity contribution >= 4 is 58.3 Å². The molecule has 3 aromatic rings. The highest BCUT2D eigenvalue weighted by molar-refractivity contribution is 6.30. The number of carbonyl (C=O) groups excluding carboxylic acids is 6. The van der Waals surface area contributed by atoms with E-state index in [1.165, 1.54) is 7.11 Å². The van der Waals surface area contributed by atoms with Crippen molar-refractivity contribution < 1.29 is 67.0 Å². The second kappa shape index (κ2) is 19.7. The monoisotopic (exact) mass is 854 g/mol. The minimum Gasteiger partial charge on any atom is -0.493 e. The lowest BCUT2D eigenvalue weighted by molar-refractivity contribution is -0.385. The first-order chi connectivity index (χ1) is 28.7. The molecule has 0 spiro atoms. The van der Waals surface area contributed by atoms with Crippen molar-refractivity contribution in [3.63, 3.8) is 0 Å². The molecule has 5 rings (SSSR count). The van der Waals surface area contributed by atoms with Crippen molar-refractivity contribution in [2.75, 3.05) is 47.6 Å². The normalized spacial score (nSPS) is 16.0. The van der Waals surface area contributed by atoms with Crippen LogP contribution in [0, 0.1) is 20.2 Å². The van der Waals surface area contributed by atoms with E-state index in [0.717, 1.165) is 48.3 Å². The number of ether oxygens (including phenoxy) is 6. The summed E-state index contributed by atoms with van der Waals surface area (Å²) in [5.74, 6) is -4.57. The number of Topliss-reactive ketones (excluding diaryl/α,β-unsaturated/α-hetero) is 2. The van der Waals surface area contributed by atoms with Crippen molar-refractivity contribution in [1.29, 1.82) is 0 Å². The van der Waals surface area contributed by atoms with Crippen LogP contribution >= 0.6 is 11.6 Å². The lowest BCUT2D eigenvalue weighted by Gasteiger charge is -2.22. The highest BCUT2D eigenvalue weighted by Gasteiger charge is 2.43. The number of nitrogens with zero attached hydrogens (tertiary/aromatic N) is 4. The van der Waals surface area contributed by atoms with Crippen LogP contribution < -0.4 is 18.9 Å². The van der Waals surface area contributed by atoms with Crippen LogP contribution in [0.1, 0.15) is 58.4 Å². The van der Waals surface area contributed by atoms with Crippen LogP contribution in [-0.2, 0) is 35.3 Å². The molecule has 2 atom stereocenters. The van der Waals surface area contributed by atoms with Gasteiger partial charge in [0.1, 0.15) is 29.8 Å². The molecule has 0 aromatic heterocycles. The number of carbonyl (C=O) groups is 6. The SMILES string of the molecule is COC(=O)[C@@H]1CC(=O)CN1C(=O)c1cc(OC)c(OCCCCCOc2cc([N+](=O)[O-])c(C(=O)N3CC(=O)C[C@H]3C(=O)OC)cc2OCc2ccc(Cl)cc2)cc1[N+](=O)[O-]. The predicted octanol–water partition coefficient (Wildman–Crippen LogP) is 4.29. The van der Waals surface area contributed by atoms with Crippen LogP contribution in [0.2, 0.25) is 5.02 Å². The average Bonchev–Trinajstić information content (AvgIpc) is 3.83. The molecule has 21 heteroatoms. The topological polar surface area (TPSA) is 251 Å². The number of hydrogen-bond donors (Lipinski definition) is 0. The zero-order valence-corrected chi connectivity index (χ0v) is 33.3. The molecular weight excluding hydrogens is 816 g/mol. The van der Waals surface area contributed by atoms with Gasteiger partial charge in [-0.25, -0.2) is 9.59 Å². The molecule has 0 radical (unpaired) electrons. The van der Waals surface area contributed by atoms with Crippen LogP contribution in [0.3, 0.4) is 0 Å². The van der Waals surface area contributed by atoms with Crippen LogP contribution in [-0.4, -0.2) is 115 Å². The lowest BCUT2D eigenvalue weighted by Crippen LogP contribution is -2.41. The largest absolute Gasteiger partial charge is 0.493 e. The molecule has 0 aliphatic carbocycles. The molecule has 60 heavy (non-hydrogen) atoms. The Kier molecular flexibility index (Phi) is 14.6. The molecular formula is C39H39ClN4O16. The van der Waals surface area contributed by atoms with Crippen molar-refractivity contribution in [1.82, 2.24) is 9.80 Å². The van der Waals surface area contributed by atoms with E-state index >= 15 is 0 Å². The van der Waals surface area contributed by atoms with E-state index in [1.54, 1.807) is 24.3 Å². The van der Waals surface area contributed by atoms with Crippen molar-refractivity contribution in [3.8, 4) is 23.0 Å². The maximum absolute atomic E-state index is 13.7. The Bertz CT molecular complexity index is 2200. The molecule has 2 aliphatic rings. The van der Waals surface area contributed by atoms with Gasteiger partial charge >= 0.3 is 11.9 Å². The zero-order valence-electron chi connectivity index (χ0n) is 32.5. The van der Waals surface area contributed by atoms with Gasteiger partial charge in [0.05, 0.1) is 69.6 Å². The van der Waals surface area contributed by atoms with E-state index in [0.29, 0.717) is 29.8 Å². The molecule has 2 saturated heterocycles. The highest BCUT2D eigenvalue weighted by atomic mass is 35.5. The number of hydrogen-bond acceptors (Lipinski definition) is 16. The van der Waals surface area contributed by atoms with Gasteiger partial charge < -0.3 is 38.2 Å². The molecule has 0 unspecified atom stereocenters. The summed E-state index contributed by atoms with van der Waals surface area (Å²) in [5, 5.41) is 24.8. The first-order valence-electron chi connectivity index (χ1n) is 18.3. The molecule has 2 amide bonds. The van der Waals surface area contributed by atoms with Crippen molar-refractivity contribution in [2.45, 2.75) is 50.8 Å². The Labute approximate surface area is 346 Å². The third-order valence-electron chi connectivity index (χ3n) is 9.57. The Hall–Kier alpha value is -6.83. The first kappa shape index (κ1) is 44.3. The van der Waals surface area contributed by atoms with Gasteiger partial charge in [-0.3, -0.25) is 39.4 Å². The van der Waals surface area contributed by atoms with Gasteiger partial charge in [-0.1, -0.05) is 23.7 Å². The minimum absolute atomic E-state index is 0.0146. The number of unbranched alkanes of at least 4 members (excludes halogenated alkanes) is 2. The van der Waals surface area contributed by atoms with Crippen LogP contribution in [0.25, 0.3) is 0 Å². The van der Waals surface area contributed by atoms with E-state index in [9.17, 15) is 49.0 Å². The fraction of sp³-hybridized carbons (Fsp3) is 0.385. The van der Waals surface area contributed by atoms with Gasteiger partial charge in [0, 0.05) is 30.0 Å². The van der Waals surface area contributed by atoms with Crippen molar-refractivity contribution in [3.05, 3.63) is 90.5 Å². The Morgan fingerprint density at radius 1 is 0.667 bits per heavy atom. The molecule has 0 bridgehead atoms. The van der Waals surface area contributed by atoms with E-state index in [1.807, 2.05) is 0 Å². The zero-order chi connectivity index (χ0) is 43.7. The van der Waals surface area contributed by atoms with Crippen LogP contribution in [0.5, 0.6) is 23.0 Å². The van der Waals surface area contributed by atoms with E-state index in [-0.39, 0.29) is 55.7 Å². The van der Waals surface area contributed by atoms with Crippen LogP contribution in [0.4, 0.5) is 11.4 Å². The quantitative estimate of drug-likeness (QED) is 0.0749. The standard InChI is InChI=1S/C39H39ClN4O16/c1-55-32-15-26(36(47)41-19-24(45)13-30(41)38(49)56-2)28(43(51)52)17-34(32)58-11-5-4-6-12-59-35-18-29(44(53)54)27(16-33(35)60-21-22-7-9-23(40)10-8-22)37(48)42-20-25(46)14-31(42)39(50)57-3/h7-10,15-18,30-31H,4-6,11-14,19-21H2,1-3H3/t30-,31-/m0/s1. The van der Waals surface area contributed by atoms with Crippen molar-refractivity contribution in [2.24, 2.45) is 0 Å². The Balaban J connectivity index is 1.27. The number of amides is 2. The third-order valence-corrected chi connectivity index (χ3v) is 9.82. The number of nitro benzene ring substituents is 2. The van der Waals surface area contributed by atoms with Gasteiger partial charge in [-0.2, -0.15) is 0 Å². The third kappa shape index (κ3) is 10.2. The molecule has 2 aliphatic heterocycles. The second-order valence-corrected chi connectivity index (χ2v) is 13.9. The Morgan fingerprint density at radius 2 is 1.10 bits per heavy atom. The molecule has 0 N–H and O–H groups in total.